The number of nitrogens with one attached hydrogen (secondary N) is 2. The maximum absolute atomic E-state index is 11.7. The Labute approximate surface area is 115 Å². The Morgan fingerprint density at radius 2 is 2.05 bits per heavy atom. The monoisotopic (exact) mass is 280 g/mol. The van der Waals surface area contributed by atoms with Crippen molar-refractivity contribution in [2.45, 2.75) is 32.7 Å². The minimum Gasteiger partial charge on any atom is -0.466 e. The smallest absolute Gasteiger partial charge is 0.342 e. The topological polar surface area (TPSA) is 97.6 Å². The molecule has 0 bridgehead atoms. The summed E-state index contributed by atoms with van der Waals surface area (Å²) in [7, 11) is 0. The van der Waals surface area contributed by atoms with Crippen LogP contribution in [0.2, 0.25) is 0 Å². The van der Waals surface area contributed by atoms with Gasteiger partial charge in [-0.25, -0.2) is 9.59 Å². The standard InChI is InChI=1S/C13H16N2O5/c1-7-5-10(8(2)20-7)12(17)19-6-11(16)15-13(18)14-9-3-4-9/h5,9H,3-4,6H2,1-2H3,(H2,14,15,16,18). The van der Waals surface area contributed by atoms with E-state index < -0.39 is 24.5 Å². The molecule has 108 valence electrons. The highest BCUT2D eigenvalue weighted by molar-refractivity contribution is 5.97. The number of imide groups is 1. The molecule has 1 aliphatic carbocycles. The van der Waals surface area contributed by atoms with Crippen LogP contribution in [0.4, 0.5) is 4.79 Å². The first-order valence-corrected chi connectivity index (χ1v) is 6.30. The molecule has 3 amide bonds. The second kappa shape index (κ2) is 5.77. The molecule has 1 saturated carbocycles. The average Bonchev–Trinajstić information content (AvgIpc) is 3.10. The van der Waals surface area contributed by atoms with Gasteiger partial charge >= 0.3 is 12.0 Å². The maximum Gasteiger partial charge on any atom is 0.342 e. The number of amides is 3. The highest BCUT2D eigenvalue weighted by Crippen LogP contribution is 2.18. The molecule has 1 fully saturated rings. The molecule has 0 radical (unpaired) electrons. The summed E-state index contributed by atoms with van der Waals surface area (Å²) in [5, 5.41) is 4.68. The lowest BCUT2D eigenvalue weighted by atomic mass is 10.2. The van der Waals surface area contributed by atoms with Gasteiger partial charge in [0.1, 0.15) is 17.1 Å². The maximum atomic E-state index is 11.7. The molecule has 1 heterocycles. The number of hydrogen-bond acceptors (Lipinski definition) is 5. The summed E-state index contributed by atoms with van der Waals surface area (Å²) in [6.45, 7) is 2.83. The SMILES string of the molecule is Cc1cc(C(=O)OCC(=O)NC(=O)NC2CC2)c(C)o1. The zero-order valence-corrected chi connectivity index (χ0v) is 11.3. The number of ether oxygens (including phenoxy) is 1. The first kappa shape index (κ1) is 14.1. The van der Waals surface area contributed by atoms with Crippen LogP contribution < -0.4 is 10.6 Å². The minimum absolute atomic E-state index is 0.155. The van der Waals surface area contributed by atoms with Gasteiger partial charge in [0.25, 0.3) is 5.91 Å². The third-order valence-electron chi connectivity index (χ3n) is 2.76. The summed E-state index contributed by atoms with van der Waals surface area (Å²) in [6, 6.07) is 1.13. The average molecular weight is 280 g/mol. The number of esters is 1. The van der Waals surface area contributed by atoms with Gasteiger partial charge in [-0.15, -0.1) is 0 Å². The third kappa shape index (κ3) is 3.84. The second-order valence-corrected chi connectivity index (χ2v) is 4.70. The fraction of sp³-hybridized carbons (Fsp3) is 0.462. The summed E-state index contributed by atoms with van der Waals surface area (Å²) in [5.74, 6) is -0.312. The van der Waals surface area contributed by atoms with Crippen LogP contribution >= 0.6 is 0 Å². The number of carbonyl (C=O) groups is 3. The van der Waals surface area contributed by atoms with E-state index in [1.165, 1.54) is 6.07 Å². The van der Waals surface area contributed by atoms with Crippen molar-refractivity contribution in [1.82, 2.24) is 10.6 Å². The van der Waals surface area contributed by atoms with Crippen LogP contribution in [-0.4, -0.2) is 30.6 Å². The van der Waals surface area contributed by atoms with E-state index in [-0.39, 0.29) is 11.6 Å². The van der Waals surface area contributed by atoms with Gasteiger partial charge in [-0.2, -0.15) is 0 Å². The lowest BCUT2D eigenvalue weighted by Gasteiger charge is -2.06. The first-order valence-electron chi connectivity index (χ1n) is 6.30. The van der Waals surface area contributed by atoms with E-state index in [0.717, 1.165) is 12.8 Å². The van der Waals surface area contributed by atoms with Gasteiger partial charge in [-0.05, 0) is 32.8 Å². The molecule has 0 aliphatic heterocycles. The summed E-state index contributed by atoms with van der Waals surface area (Å²) >= 11 is 0. The van der Waals surface area contributed by atoms with E-state index in [9.17, 15) is 14.4 Å². The van der Waals surface area contributed by atoms with E-state index in [0.29, 0.717) is 11.5 Å². The number of carbonyl (C=O) groups excluding carboxylic acids is 3. The number of urea groups is 1. The number of hydrogen-bond donors (Lipinski definition) is 2. The Hall–Kier alpha value is -2.31. The number of rotatable bonds is 4. The fourth-order valence-corrected chi connectivity index (χ4v) is 1.65. The van der Waals surface area contributed by atoms with Gasteiger partial charge in [-0.3, -0.25) is 10.1 Å². The Bertz CT molecular complexity index is 545. The first-order chi connectivity index (χ1) is 9.45. The molecule has 1 aromatic rings. The molecule has 0 atom stereocenters. The van der Waals surface area contributed by atoms with E-state index in [2.05, 4.69) is 10.6 Å². The minimum atomic E-state index is -0.672. The highest BCUT2D eigenvalue weighted by atomic mass is 16.5. The number of furan rings is 1. The molecule has 7 nitrogen and oxygen atoms in total. The highest BCUT2D eigenvalue weighted by Gasteiger charge is 2.24. The van der Waals surface area contributed by atoms with Crippen molar-refractivity contribution >= 4 is 17.9 Å². The van der Waals surface area contributed by atoms with E-state index in [1.807, 2.05) is 0 Å². The lowest BCUT2D eigenvalue weighted by molar-refractivity contribution is -0.123. The molecule has 0 saturated heterocycles. The largest absolute Gasteiger partial charge is 0.466 e. The zero-order valence-electron chi connectivity index (χ0n) is 11.3. The molecule has 20 heavy (non-hydrogen) atoms. The Morgan fingerprint density at radius 3 is 2.60 bits per heavy atom. The predicted molar refractivity (Wildman–Crippen MR) is 68.2 cm³/mol. The molecule has 0 unspecified atom stereocenters. The van der Waals surface area contributed by atoms with Gasteiger partial charge in [0, 0.05) is 6.04 Å². The van der Waals surface area contributed by atoms with Gasteiger partial charge < -0.3 is 14.5 Å². The van der Waals surface area contributed by atoms with Crippen molar-refractivity contribution in [3.63, 3.8) is 0 Å². The molecule has 7 heteroatoms. The van der Waals surface area contributed by atoms with Gasteiger partial charge in [0.05, 0.1) is 0 Å². The fourth-order valence-electron chi connectivity index (χ4n) is 1.65. The van der Waals surface area contributed by atoms with Crippen molar-refractivity contribution in [3.05, 3.63) is 23.2 Å². The Morgan fingerprint density at radius 1 is 1.35 bits per heavy atom. The normalized spacial score (nSPS) is 13.7. The summed E-state index contributed by atoms with van der Waals surface area (Å²) in [5.41, 5.74) is 0.276. The van der Waals surface area contributed by atoms with Crippen molar-refractivity contribution in [2.75, 3.05) is 6.61 Å². The molecule has 0 spiro atoms. The van der Waals surface area contributed by atoms with Crippen molar-refractivity contribution in [3.8, 4) is 0 Å². The zero-order chi connectivity index (χ0) is 14.7. The van der Waals surface area contributed by atoms with Crippen molar-refractivity contribution in [2.24, 2.45) is 0 Å². The Balaban J connectivity index is 1.76. The van der Waals surface area contributed by atoms with E-state index >= 15 is 0 Å². The lowest BCUT2D eigenvalue weighted by Crippen LogP contribution is -2.42. The van der Waals surface area contributed by atoms with E-state index in [4.69, 9.17) is 9.15 Å². The molecule has 1 aromatic heterocycles. The van der Waals surface area contributed by atoms with Crippen molar-refractivity contribution in [1.29, 1.82) is 0 Å². The van der Waals surface area contributed by atoms with Crippen LogP contribution in [0.15, 0.2) is 10.5 Å². The molecule has 0 aromatic carbocycles. The third-order valence-corrected chi connectivity index (χ3v) is 2.76. The van der Waals surface area contributed by atoms with Crippen molar-refractivity contribution < 1.29 is 23.5 Å². The number of aryl methyl sites for hydroxylation is 2. The van der Waals surface area contributed by atoms with Crippen LogP contribution in [0.3, 0.4) is 0 Å². The van der Waals surface area contributed by atoms with Crippen LogP contribution in [0.5, 0.6) is 0 Å². The summed E-state index contributed by atoms with van der Waals surface area (Å²) < 4.78 is 10.0. The van der Waals surface area contributed by atoms with Gasteiger partial charge in [-0.1, -0.05) is 0 Å². The Kier molecular flexibility index (Phi) is 4.07. The molecule has 2 rings (SSSR count). The molecule has 1 aliphatic rings. The van der Waals surface area contributed by atoms with Crippen LogP contribution in [0, 0.1) is 13.8 Å². The van der Waals surface area contributed by atoms with Crippen LogP contribution in [0.1, 0.15) is 34.7 Å². The quantitative estimate of drug-likeness (QED) is 0.803. The molecular formula is C13H16N2O5. The van der Waals surface area contributed by atoms with Gasteiger partial charge in [0.15, 0.2) is 6.61 Å². The predicted octanol–water partition coefficient (Wildman–Crippen LogP) is 1.04. The van der Waals surface area contributed by atoms with E-state index in [1.54, 1.807) is 13.8 Å². The molecule has 2 N–H and O–H groups in total. The summed E-state index contributed by atoms with van der Waals surface area (Å²) in [6.07, 6.45) is 1.85. The van der Waals surface area contributed by atoms with Crippen LogP contribution in [0.25, 0.3) is 0 Å². The summed E-state index contributed by atoms with van der Waals surface area (Å²) in [4.78, 5) is 34.4. The molecular weight excluding hydrogens is 264 g/mol. The second-order valence-electron chi connectivity index (χ2n) is 4.70. The van der Waals surface area contributed by atoms with Crippen LogP contribution in [-0.2, 0) is 9.53 Å². The van der Waals surface area contributed by atoms with Gasteiger partial charge in [0.2, 0.25) is 0 Å².